The predicted octanol–water partition coefficient (Wildman–Crippen LogP) is 2.86. The van der Waals surface area contributed by atoms with Crippen molar-refractivity contribution in [3.63, 3.8) is 0 Å². The Morgan fingerprint density at radius 1 is 1.23 bits per heavy atom. The molecule has 1 N–H and O–H groups in total. The van der Waals surface area contributed by atoms with Gasteiger partial charge in [-0.3, -0.25) is 9.10 Å². The van der Waals surface area contributed by atoms with Gasteiger partial charge in [0, 0.05) is 23.9 Å². The minimum absolute atomic E-state index is 0.0597. The van der Waals surface area contributed by atoms with Crippen LogP contribution in [0.4, 0.5) is 20.2 Å². The molecule has 0 fully saturated rings. The van der Waals surface area contributed by atoms with Crippen LogP contribution in [0.2, 0.25) is 0 Å². The molecular weight excluding hydrogens is 366 g/mol. The average Bonchev–Trinajstić information content (AvgIpc) is 2.97. The van der Waals surface area contributed by atoms with Crippen molar-refractivity contribution in [2.75, 3.05) is 22.4 Å². The van der Waals surface area contributed by atoms with Gasteiger partial charge in [0.25, 0.3) is 5.91 Å². The normalized spacial score (nSPS) is 13.6. The van der Waals surface area contributed by atoms with Crippen molar-refractivity contribution in [1.29, 1.82) is 0 Å². The van der Waals surface area contributed by atoms with Gasteiger partial charge < -0.3 is 10.1 Å². The number of rotatable bonds is 5. The fourth-order valence-electron chi connectivity index (χ4n) is 2.81. The van der Waals surface area contributed by atoms with Crippen LogP contribution < -0.4 is 14.4 Å². The average molecular weight is 382 g/mol. The number of ether oxygens (including phenoxy) is 1. The number of benzene rings is 2. The Labute approximate surface area is 149 Å². The minimum atomic E-state index is -3.35. The van der Waals surface area contributed by atoms with Crippen molar-refractivity contribution in [1.82, 2.24) is 0 Å². The number of nitrogens with zero attached hydrogens (tertiary/aromatic N) is 1. The van der Waals surface area contributed by atoms with E-state index in [1.807, 2.05) is 0 Å². The molecule has 2 aromatic carbocycles. The Bertz CT molecular complexity index is 948. The van der Waals surface area contributed by atoms with Crippen LogP contribution in [-0.4, -0.2) is 33.7 Å². The summed E-state index contributed by atoms with van der Waals surface area (Å²) in [6.45, 7) is -2.61. The molecule has 6 nitrogen and oxygen atoms in total. The summed E-state index contributed by atoms with van der Waals surface area (Å²) in [4.78, 5) is 12.4. The Kier molecular flexibility index (Phi) is 4.82. The van der Waals surface area contributed by atoms with E-state index < -0.39 is 22.5 Å². The van der Waals surface area contributed by atoms with Crippen molar-refractivity contribution >= 4 is 27.3 Å². The van der Waals surface area contributed by atoms with E-state index in [2.05, 4.69) is 10.1 Å². The van der Waals surface area contributed by atoms with Gasteiger partial charge in [-0.05, 0) is 42.3 Å². The van der Waals surface area contributed by atoms with Crippen LogP contribution in [0.3, 0.4) is 0 Å². The van der Waals surface area contributed by atoms with Gasteiger partial charge in [0.1, 0.15) is 5.75 Å². The van der Waals surface area contributed by atoms with E-state index in [-0.39, 0.29) is 5.75 Å². The van der Waals surface area contributed by atoms with E-state index in [0.29, 0.717) is 29.9 Å². The maximum atomic E-state index is 12.4. The largest absolute Gasteiger partial charge is 0.435 e. The predicted molar refractivity (Wildman–Crippen MR) is 93.4 cm³/mol. The summed E-state index contributed by atoms with van der Waals surface area (Å²) in [5.41, 5.74) is 1.99. The summed E-state index contributed by atoms with van der Waals surface area (Å²) in [7, 11) is -3.35. The van der Waals surface area contributed by atoms with Gasteiger partial charge in [0.05, 0.1) is 11.9 Å². The molecule has 9 heteroatoms. The summed E-state index contributed by atoms with van der Waals surface area (Å²) >= 11 is 0. The molecule has 1 heterocycles. The summed E-state index contributed by atoms with van der Waals surface area (Å²) in [5, 5.41) is 2.61. The second kappa shape index (κ2) is 6.91. The molecule has 0 aromatic heterocycles. The molecule has 26 heavy (non-hydrogen) atoms. The first kappa shape index (κ1) is 18.1. The maximum Gasteiger partial charge on any atom is 0.387 e. The van der Waals surface area contributed by atoms with E-state index in [1.54, 1.807) is 18.2 Å². The van der Waals surface area contributed by atoms with Gasteiger partial charge in [0.2, 0.25) is 10.0 Å². The molecular formula is C17H16F2N2O4S. The molecule has 1 aliphatic heterocycles. The first-order valence-electron chi connectivity index (χ1n) is 7.71. The molecule has 1 aliphatic rings. The molecule has 138 valence electrons. The fourth-order valence-corrected chi connectivity index (χ4v) is 3.77. The van der Waals surface area contributed by atoms with Crippen molar-refractivity contribution in [3.8, 4) is 5.75 Å². The molecule has 0 atom stereocenters. The van der Waals surface area contributed by atoms with E-state index >= 15 is 0 Å². The number of anilines is 2. The van der Waals surface area contributed by atoms with Crippen molar-refractivity contribution in [2.45, 2.75) is 13.0 Å². The van der Waals surface area contributed by atoms with Crippen molar-refractivity contribution < 1.29 is 26.7 Å². The van der Waals surface area contributed by atoms with Crippen LogP contribution in [0.1, 0.15) is 15.9 Å². The van der Waals surface area contributed by atoms with Crippen molar-refractivity contribution in [3.05, 3.63) is 53.6 Å². The highest BCUT2D eigenvalue weighted by Crippen LogP contribution is 2.31. The molecule has 0 bridgehead atoms. The zero-order valence-electron chi connectivity index (χ0n) is 13.8. The third kappa shape index (κ3) is 3.93. The van der Waals surface area contributed by atoms with E-state index in [9.17, 15) is 22.0 Å². The molecule has 0 spiro atoms. The minimum Gasteiger partial charge on any atom is -0.435 e. The second-order valence-electron chi connectivity index (χ2n) is 5.79. The van der Waals surface area contributed by atoms with E-state index in [1.165, 1.54) is 28.6 Å². The summed E-state index contributed by atoms with van der Waals surface area (Å²) in [6, 6.07) is 10.4. The number of fused-ring (bicyclic) bond motifs is 1. The molecule has 0 radical (unpaired) electrons. The molecule has 2 aromatic rings. The van der Waals surface area contributed by atoms with Crippen LogP contribution in [-0.2, 0) is 16.4 Å². The number of halogens is 2. The third-order valence-electron chi connectivity index (χ3n) is 3.91. The molecule has 1 amide bonds. The third-order valence-corrected chi connectivity index (χ3v) is 5.09. The first-order valence-corrected chi connectivity index (χ1v) is 9.56. The van der Waals surface area contributed by atoms with Crippen LogP contribution in [0.15, 0.2) is 42.5 Å². The number of sulfonamides is 1. The lowest BCUT2D eigenvalue weighted by Crippen LogP contribution is -2.27. The fraction of sp³-hybridized carbons (Fsp3) is 0.235. The highest BCUT2D eigenvalue weighted by molar-refractivity contribution is 7.92. The highest BCUT2D eigenvalue weighted by atomic mass is 32.2. The zero-order chi connectivity index (χ0) is 18.9. The van der Waals surface area contributed by atoms with Gasteiger partial charge in [0.15, 0.2) is 0 Å². The zero-order valence-corrected chi connectivity index (χ0v) is 14.6. The summed E-state index contributed by atoms with van der Waals surface area (Å²) in [6.07, 6.45) is 1.65. The van der Waals surface area contributed by atoms with Gasteiger partial charge in [-0.25, -0.2) is 8.42 Å². The van der Waals surface area contributed by atoms with Crippen LogP contribution in [0, 0.1) is 0 Å². The van der Waals surface area contributed by atoms with Gasteiger partial charge in [-0.2, -0.15) is 8.78 Å². The molecule has 3 rings (SSSR count). The first-order chi connectivity index (χ1) is 12.2. The van der Waals surface area contributed by atoms with Crippen molar-refractivity contribution in [2.24, 2.45) is 0 Å². The van der Waals surface area contributed by atoms with Crippen LogP contribution >= 0.6 is 0 Å². The second-order valence-corrected chi connectivity index (χ2v) is 7.70. The summed E-state index contributed by atoms with van der Waals surface area (Å²) < 4.78 is 53.6. The number of alkyl halides is 2. The molecule has 0 aliphatic carbocycles. The monoisotopic (exact) mass is 382 g/mol. The van der Waals surface area contributed by atoms with Gasteiger partial charge >= 0.3 is 6.61 Å². The lowest BCUT2D eigenvalue weighted by molar-refractivity contribution is -0.0498. The maximum absolute atomic E-state index is 12.4. The lowest BCUT2D eigenvalue weighted by atomic mass is 10.1. The van der Waals surface area contributed by atoms with Crippen LogP contribution in [0.25, 0.3) is 0 Å². The number of amides is 1. The highest BCUT2D eigenvalue weighted by Gasteiger charge is 2.26. The number of carbonyl (C=O) groups is 1. The number of hydrogen-bond acceptors (Lipinski definition) is 4. The lowest BCUT2D eigenvalue weighted by Gasteiger charge is -2.16. The van der Waals surface area contributed by atoms with E-state index in [4.69, 9.17) is 0 Å². The molecule has 0 saturated carbocycles. The Morgan fingerprint density at radius 3 is 2.69 bits per heavy atom. The van der Waals surface area contributed by atoms with E-state index in [0.717, 1.165) is 11.8 Å². The number of nitrogens with one attached hydrogen (secondary N) is 1. The number of carbonyl (C=O) groups excluding carboxylic acids is 1. The number of hydrogen-bond donors (Lipinski definition) is 1. The SMILES string of the molecule is CS(=O)(=O)N1CCc2cc(C(=O)Nc3cccc(OC(F)F)c3)ccc21. The Hall–Kier alpha value is -2.68. The molecule has 0 unspecified atom stereocenters. The topological polar surface area (TPSA) is 75.7 Å². The molecule has 0 saturated heterocycles. The summed E-state index contributed by atoms with van der Waals surface area (Å²) in [5.74, 6) is -0.490. The van der Waals surface area contributed by atoms with Crippen LogP contribution in [0.5, 0.6) is 5.75 Å². The van der Waals surface area contributed by atoms with Gasteiger partial charge in [-0.1, -0.05) is 6.07 Å². The Morgan fingerprint density at radius 2 is 2.00 bits per heavy atom. The Balaban J connectivity index is 1.78. The standard InChI is InChI=1S/C17H16F2N2O4S/c1-26(23,24)21-8-7-11-9-12(5-6-15(11)21)16(22)20-13-3-2-4-14(10-13)25-17(18)19/h2-6,9-10,17H,7-8H2,1H3,(H,20,22). The smallest absolute Gasteiger partial charge is 0.387 e. The van der Waals surface area contributed by atoms with Gasteiger partial charge in [-0.15, -0.1) is 0 Å². The quantitative estimate of drug-likeness (QED) is 0.863.